The number of cyclic esters (lactones) is 1. The van der Waals surface area contributed by atoms with E-state index in [4.69, 9.17) is 4.74 Å². The average molecular weight is 170 g/mol. The molecule has 2 rings (SSSR count). The lowest BCUT2D eigenvalue weighted by Gasteiger charge is -2.40. The van der Waals surface area contributed by atoms with Crippen LogP contribution in [0.25, 0.3) is 0 Å². The molecule has 68 valence electrons. The number of fused-ring (bicyclic) bond motifs is 1. The smallest absolute Gasteiger partial charge is 0.410 e. The van der Waals surface area contributed by atoms with Crippen LogP contribution in [0, 0.1) is 0 Å². The topological polar surface area (TPSA) is 32.8 Å². The van der Waals surface area contributed by atoms with Gasteiger partial charge in [-0.2, -0.15) is 0 Å². The number of nitrogens with zero attached hydrogens (tertiary/aromatic N) is 2. The quantitative estimate of drug-likeness (QED) is 0.518. The average Bonchev–Trinajstić information content (AvgIpc) is 2.27. The Morgan fingerprint density at radius 3 is 3.00 bits per heavy atom. The third-order valence-electron chi connectivity index (χ3n) is 2.69. The maximum atomic E-state index is 11.2. The van der Waals surface area contributed by atoms with Crippen molar-refractivity contribution in [3.8, 4) is 0 Å². The van der Waals surface area contributed by atoms with Gasteiger partial charge >= 0.3 is 6.09 Å². The zero-order valence-electron chi connectivity index (χ0n) is 7.54. The maximum Gasteiger partial charge on any atom is 0.410 e. The van der Waals surface area contributed by atoms with E-state index in [0.29, 0.717) is 6.61 Å². The Morgan fingerprint density at radius 2 is 2.25 bits per heavy atom. The van der Waals surface area contributed by atoms with E-state index in [1.165, 1.54) is 0 Å². The molecule has 0 aliphatic carbocycles. The Balaban J connectivity index is 2.19. The van der Waals surface area contributed by atoms with Crippen molar-refractivity contribution in [2.75, 3.05) is 33.3 Å². The van der Waals surface area contributed by atoms with Crippen LogP contribution in [-0.4, -0.2) is 54.7 Å². The molecule has 0 bridgehead atoms. The van der Waals surface area contributed by atoms with Gasteiger partial charge in [-0.1, -0.05) is 0 Å². The van der Waals surface area contributed by atoms with Crippen LogP contribution in [0.15, 0.2) is 0 Å². The first-order valence-electron chi connectivity index (χ1n) is 4.25. The van der Waals surface area contributed by atoms with Gasteiger partial charge in [-0.25, -0.2) is 4.79 Å². The van der Waals surface area contributed by atoms with E-state index in [-0.39, 0.29) is 11.6 Å². The molecule has 0 aromatic carbocycles. The summed E-state index contributed by atoms with van der Waals surface area (Å²) in [5.41, 5.74) is -0.0793. The summed E-state index contributed by atoms with van der Waals surface area (Å²) >= 11 is 0. The van der Waals surface area contributed by atoms with Gasteiger partial charge in [0.1, 0.15) is 6.61 Å². The maximum absolute atomic E-state index is 11.2. The molecule has 1 amide bonds. The summed E-state index contributed by atoms with van der Waals surface area (Å²) < 4.78 is 5.01. The van der Waals surface area contributed by atoms with Crippen molar-refractivity contribution in [2.24, 2.45) is 0 Å². The number of likely N-dealkylation sites (N-methyl/N-ethyl adjacent to an activating group) is 1. The van der Waals surface area contributed by atoms with E-state index in [1.807, 2.05) is 4.90 Å². The van der Waals surface area contributed by atoms with Crippen LogP contribution in [0.1, 0.15) is 6.92 Å². The first-order valence-corrected chi connectivity index (χ1v) is 4.25. The Bertz CT molecular complexity index is 219. The van der Waals surface area contributed by atoms with E-state index in [0.717, 1.165) is 19.6 Å². The van der Waals surface area contributed by atoms with Gasteiger partial charge in [0.15, 0.2) is 0 Å². The molecule has 2 heterocycles. The minimum Gasteiger partial charge on any atom is -0.447 e. The standard InChI is InChI=1S/C8H14N2O2/c1-8-5-9(2)3-4-10(8)7(11)12-6-8/h3-6H2,1-2H3. The number of ether oxygens (including phenoxy) is 1. The van der Waals surface area contributed by atoms with E-state index in [1.54, 1.807) is 0 Å². The fourth-order valence-electron chi connectivity index (χ4n) is 2.02. The SMILES string of the molecule is CN1CCN2C(=O)OCC2(C)C1. The first kappa shape index (κ1) is 7.86. The number of piperazine rings is 1. The zero-order chi connectivity index (χ0) is 8.77. The third kappa shape index (κ3) is 0.982. The van der Waals surface area contributed by atoms with Gasteiger partial charge in [0.2, 0.25) is 0 Å². The van der Waals surface area contributed by atoms with Crippen LogP contribution >= 0.6 is 0 Å². The van der Waals surface area contributed by atoms with Crippen molar-refractivity contribution < 1.29 is 9.53 Å². The Labute approximate surface area is 72.1 Å². The van der Waals surface area contributed by atoms with Gasteiger partial charge in [0, 0.05) is 19.6 Å². The molecule has 0 aromatic rings. The van der Waals surface area contributed by atoms with E-state index < -0.39 is 0 Å². The lowest BCUT2D eigenvalue weighted by Crippen LogP contribution is -2.58. The van der Waals surface area contributed by atoms with Crippen LogP contribution < -0.4 is 0 Å². The minimum atomic E-state index is -0.148. The molecular weight excluding hydrogens is 156 g/mol. The molecule has 1 unspecified atom stereocenters. The fourth-order valence-corrected chi connectivity index (χ4v) is 2.02. The van der Waals surface area contributed by atoms with Crippen molar-refractivity contribution in [1.29, 1.82) is 0 Å². The molecule has 2 fully saturated rings. The van der Waals surface area contributed by atoms with Crippen LogP contribution in [0.4, 0.5) is 4.79 Å². The van der Waals surface area contributed by atoms with E-state index >= 15 is 0 Å². The molecule has 2 saturated heterocycles. The van der Waals surface area contributed by atoms with Crippen molar-refractivity contribution in [2.45, 2.75) is 12.5 Å². The largest absolute Gasteiger partial charge is 0.447 e. The van der Waals surface area contributed by atoms with Crippen molar-refractivity contribution in [3.05, 3.63) is 0 Å². The Hall–Kier alpha value is -0.770. The van der Waals surface area contributed by atoms with Crippen molar-refractivity contribution >= 4 is 6.09 Å². The van der Waals surface area contributed by atoms with Crippen LogP contribution in [-0.2, 0) is 4.74 Å². The Kier molecular flexibility index (Phi) is 1.54. The summed E-state index contributed by atoms with van der Waals surface area (Å²) in [6, 6.07) is 0. The number of carbonyl (C=O) groups excluding carboxylic acids is 1. The summed E-state index contributed by atoms with van der Waals surface area (Å²) in [6.07, 6.45) is -0.148. The fraction of sp³-hybridized carbons (Fsp3) is 0.875. The molecular formula is C8H14N2O2. The molecule has 0 spiro atoms. The first-order chi connectivity index (χ1) is 5.62. The van der Waals surface area contributed by atoms with E-state index in [2.05, 4.69) is 18.9 Å². The summed E-state index contributed by atoms with van der Waals surface area (Å²) in [6.45, 7) is 5.28. The Morgan fingerprint density at radius 1 is 1.50 bits per heavy atom. The van der Waals surface area contributed by atoms with Crippen molar-refractivity contribution in [1.82, 2.24) is 9.80 Å². The van der Waals surface area contributed by atoms with Crippen LogP contribution in [0.2, 0.25) is 0 Å². The second-order valence-electron chi connectivity index (χ2n) is 3.94. The highest BCUT2D eigenvalue weighted by Crippen LogP contribution is 2.27. The second kappa shape index (κ2) is 2.36. The molecule has 2 aliphatic rings. The number of hydrogen-bond donors (Lipinski definition) is 0. The minimum absolute atomic E-state index is 0.0793. The normalized spacial score (nSPS) is 36.5. The molecule has 0 N–H and O–H groups in total. The number of hydrogen-bond acceptors (Lipinski definition) is 3. The molecule has 4 heteroatoms. The predicted octanol–water partition coefficient (Wildman–Crippen LogP) is 0.143. The van der Waals surface area contributed by atoms with Gasteiger partial charge in [0.25, 0.3) is 0 Å². The van der Waals surface area contributed by atoms with Crippen LogP contribution in [0.3, 0.4) is 0 Å². The summed E-state index contributed by atoms with van der Waals surface area (Å²) in [4.78, 5) is 15.3. The van der Waals surface area contributed by atoms with Gasteiger partial charge in [-0.05, 0) is 14.0 Å². The van der Waals surface area contributed by atoms with Gasteiger partial charge in [-0.15, -0.1) is 0 Å². The number of rotatable bonds is 0. The molecule has 1 atom stereocenters. The summed E-state index contributed by atoms with van der Waals surface area (Å²) in [5.74, 6) is 0. The predicted molar refractivity (Wildman–Crippen MR) is 44.0 cm³/mol. The molecule has 0 aromatic heterocycles. The third-order valence-corrected chi connectivity index (χ3v) is 2.69. The number of amides is 1. The summed E-state index contributed by atoms with van der Waals surface area (Å²) in [7, 11) is 2.07. The monoisotopic (exact) mass is 170 g/mol. The molecule has 4 nitrogen and oxygen atoms in total. The van der Waals surface area contributed by atoms with Crippen molar-refractivity contribution in [3.63, 3.8) is 0 Å². The van der Waals surface area contributed by atoms with Crippen LogP contribution in [0.5, 0.6) is 0 Å². The molecule has 2 aliphatic heterocycles. The van der Waals surface area contributed by atoms with Gasteiger partial charge < -0.3 is 9.64 Å². The van der Waals surface area contributed by atoms with Gasteiger partial charge in [-0.3, -0.25) is 4.90 Å². The zero-order valence-corrected chi connectivity index (χ0v) is 7.54. The highest BCUT2D eigenvalue weighted by Gasteiger charge is 2.46. The lowest BCUT2D eigenvalue weighted by molar-refractivity contribution is 0.0796. The van der Waals surface area contributed by atoms with Gasteiger partial charge in [0.05, 0.1) is 5.54 Å². The highest BCUT2D eigenvalue weighted by atomic mass is 16.6. The molecule has 0 saturated carbocycles. The second-order valence-corrected chi connectivity index (χ2v) is 3.94. The lowest BCUT2D eigenvalue weighted by atomic mass is 9.99. The molecule has 0 radical (unpaired) electrons. The molecule has 12 heavy (non-hydrogen) atoms. The summed E-state index contributed by atoms with van der Waals surface area (Å²) in [5, 5.41) is 0. The number of carbonyl (C=O) groups is 1. The highest BCUT2D eigenvalue weighted by molar-refractivity contribution is 5.71. The van der Waals surface area contributed by atoms with E-state index in [9.17, 15) is 4.79 Å².